The molecule has 9 heteroatoms. The van der Waals surface area contributed by atoms with Crippen LogP contribution in [0.3, 0.4) is 0 Å². The minimum Gasteiger partial charge on any atom is -0.345 e. The Bertz CT molecular complexity index is 1880. The summed E-state index contributed by atoms with van der Waals surface area (Å²) in [6, 6.07) is 35.1. The van der Waals surface area contributed by atoms with Gasteiger partial charge in [-0.15, -0.1) is 0 Å². The molecule has 8 nitrogen and oxygen atoms in total. The zero-order valence-corrected chi connectivity index (χ0v) is 23.9. The highest BCUT2D eigenvalue weighted by atomic mass is 32.2. The number of ketones is 1. The second kappa shape index (κ2) is 13.1. The number of hydrogen-bond donors (Lipinski definition) is 3. The van der Waals surface area contributed by atoms with Crippen molar-refractivity contribution in [2.45, 2.75) is 17.4 Å². The molecular weight excluding hydrogens is 562 g/mol. The van der Waals surface area contributed by atoms with Crippen LogP contribution in [-0.2, 0) is 21.2 Å². The maximum Gasteiger partial charge on any atom is 0.261 e. The van der Waals surface area contributed by atoms with Crippen LogP contribution < -0.4 is 15.4 Å². The molecule has 0 aliphatic carbocycles. The molecule has 5 aromatic carbocycles. The van der Waals surface area contributed by atoms with Crippen molar-refractivity contribution in [3.63, 3.8) is 0 Å². The van der Waals surface area contributed by atoms with E-state index >= 15 is 0 Å². The van der Waals surface area contributed by atoms with Gasteiger partial charge in [0.05, 0.1) is 17.5 Å². The average molecular weight is 592 g/mol. The van der Waals surface area contributed by atoms with Crippen LogP contribution in [0.4, 0.5) is 5.69 Å². The van der Waals surface area contributed by atoms with Crippen LogP contribution in [-0.4, -0.2) is 38.6 Å². The minimum atomic E-state index is -3.94. The summed E-state index contributed by atoms with van der Waals surface area (Å²) >= 11 is 0. The van der Waals surface area contributed by atoms with Gasteiger partial charge in [0.2, 0.25) is 0 Å². The zero-order valence-electron chi connectivity index (χ0n) is 23.1. The topological polar surface area (TPSA) is 121 Å². The van der Waals surface area contributed by atoms with Crippen molar-refractivity contribution in [2.75, 3.05) is 11.3 Å². The summed E-state index contributed by atoms with van der Waals surface area (Å²) in [5, 5.41) is 7.09. The Morgan fingerprint density at radius 3 is 2.02 bits per heavy atom. The third kappa shape index (κ3) is 7.52. The van der Waals surface area contributed by atoms with Crippen LogP contribution in [0.15, 0.2) is 132 Å². The molecule has 0 aromatic heterocycles. The highest BCUT2D eigenvalue weighted by Gasteiger charge is 2.23. The normalized spacial score (nSPS) is 11.8. The number of carbonyl (C=O) groups is 3. The standard InChI is InChI=1S/C34H29N3O5S/c38-32(23-35-33(39)26-13-5-2-6-14-26)31(20-24-10-3-1-4-11-24)36-34(40)28-16-9-17-29(21-28)37-43(41,42)30-19-18-25-12-7-8-15-27(25)22-30/h1-19,21-22,31,37H,20,23H2,(H,35,39)(H,36,40)/t31-/m0/s1. The third-order valence-corrected chi connectivity index (χ3v) is 8.22. The molecule has 0 spiro atoms. The van der Waals surface area contributed by atoms with Crippen molar-refractivity contribution in [3.8, 4) is 0 Å². The van der Waals surface area contributed by atoms with Gasteiger partial charge in [0.25, 0.3) is 21.8 Å². The van der Waals surface area contributed by atoms with Gasteiger partial charge >= 0.3 is 0 Å². The predicted molar refractivity (Wildman–Crippen MR) is 166 cm³/mol. The van der Waals surface area contributed by atoms with Gasteiger partial charge in [-0.3, -0.25) is 19.1 Å². The lowest BCUT2D eigenvalue weighted by molar-refractivity contribution is -0.119. The van der Waals surface area contributed by atoms with E-state index in [1.54, 1.807) is 54.6 Å². The largest absolute Gasteiger partial charge is 0.345 e. The monoisotopic (exact) mass is 591 g/mol. The Morgan fingerprint density at radius 1 is 0.628 bits per heavy atom. The van der Waals surface area contributed by atoms with E-state index in [0.717, 1.165) is 16.3 Å². The maximum atomic E-state index is 13.3. The van der Waals surface area contributed by atoms with Crippen molar-refractivity contribution in [1.29, 1.82) is 0 Å². The molecule has 216 valence electrons. The summed E-state index contributed by atoms with van der Waals surface area (Å²) in [6.45, 7) is -0.281. The lowest BCUT2D eigenvalue weighted by Crippen LogP contribution is -2.46. The van der Waals surface area contributed by atoms with Crippen molar-refractivity contribution in [2.24, 2.45) is 0 Å². The molecule has 5 rings (SSSR count). The van der Waals surface area contributed by atoms with E-state index in [1.165, 1.54) is 18.2 Å². The summed E-state index contributed by atoms with van der Waals surface area (Å²) in [7, 11) is -3.94. The summed E-state index contributed by atoms with van der Waals surface area (Å²) in [5.41, 5.74) is 1.61. The molecular formula is C34H29N3O5S. The summed E-state index contributed by atoms with van der Waals surface area (Å²) in [6.07, 6.45) is 0.209. The second-order valence-electron chi connectivity index (χ2n) is 9.93. The molecule has 0 aliphatic heterocycles. The Labute approximate surface area is 249 Å². The Kier molecular flexibility index (Phi) is 8.93. The van der Waals surface area contributed by atoms with Crippen LogP contribution in [0.25, 0.3) is 10.8 Å². The minimum absolute atomic E-state index is 0.0899. The number of nitrogens with one attached hydrogen (secondary N) is 3. The molecule has 2 amide bonds. The molecule has 5 aromatic rings. The predicted octanol–water partition coefficient (Wildman–Crippen LogP) is 4.98. The van der Waals surface area contributed by atoms with Crippen LogP contribution in [0.2, 0.25) is 0 Å². The van der Waals surface area contributed by atoms with Gasteiger partial charge in [0.1, 0.15) is 0 Å². The molecule has 0 bridgehead atoms. The van der Waals surface area contributed by atoms with Crippen LogP contribution >= 0.6 is 0 Å². The summed E-state index contributed by atoms with van der Waals surface area (Å²) in [5.74, 6) is -1.34. The Morgan fingerprint density at radius 2 is 1.28 bits per heavy atom. The van der Waals surface area contributed by atoms with Gasteiger partial charge in [-0.1, -0.05) is 84.9 Å². The zero-order chi connectivity index (χ0) is 30.2. The number of Topliss-reactive ketones (excluding diaryl/α,β-unsaturated/α-hetero) is 1. The van der Waals surface area contributed by atoms with Gasteiger partial charge in [-0.25, -0.2) is 8.42 Å². The number of anilines is 1. The molecule has 0 saturated heterocycles. The Balaban J connectivity index is 1.30. The fourth-order valence-electron chi connectivity index (χ4n) is 4.59. The molecule has 43 heavy (non-hydrogen) atoms. The number of hydrogen-bond acceptors (Lipinski definition) is 5. The van der Waals surface area contributed by atoms with Gasteiger partial charge in [-0.05, 0) is 65.2 Å². The number of fused-ring (bicyclic) bond motifs is 1. The fourth-order valence-corrected chi connectivity index (χ4v) is 5.68. The first-order chi connectivity index (χ1) is 20.8. The molecule has 0 saturated carbocycles. The van der Waals surface area contributed by atoms with E-state index in [1.807, 2.05) is 54.6 Å². The van der Waals surface area contributed by atoms with Crippen molar-refractivity contribution < 1.29 is 22.8 Å². The van der Waals surface area contributed by atoms with Gasteiger partial charge in [-0.2, -0.15) is 0 Å². The van der Waals surface area contributed by atoms with E-state index in [4.69, 9.17) is 0 Å². The molecule has 1 atom stereocenters. The number of amides is 2. The van der Waals surface area contributed by atoms with Crippen molar-refractivity contribution >= 4 is 44.1 Å². The lowest BCUT2D eigenvalue weighted by Gasteiger charge is -2.19. The van der Waals surface area contributed by atoms with Crippen LogP contribution in [0.1, 0.15) is 26.3 Å². The van der Waals surface area contributed by atoms with Crippen LogP contribution in [0.5, 0.6) is 0 Å². The van der Waals surface area contributed by atoms with E-state index in [9.17, 15) is 22.8 Å². The summed E-state index contributed by atoms with van der Waals surface area (Å²) < 4.78 is 28.8. The van der Waals surface area contributed by atoms with Crippen LogP contribution in [0, 0.1) is 0 Å². The first-order valence-electron chi connectivity index (χ1n) is 13.6. The first kappa shape index (κ1) is 29.2. The summed E-state index contributed by atoms with van der Waals surface area (Å²) in [4.78, 5) is 39.1. The van der Waals surface area contributed by atoms with E-state index in [-0.39, 0.29) is 34.9 Å². The fraction of sp³-hybridized carbons (Fsp3) is 0.0882. The van der Waals surface area contributed by atoms with E-state index < -0.39 is 27.9 Å². The van der Waals surface area contributed by atoms with Crippen molar-refractivity contribution in [3.05, 3.63) is 144 Å². The quantitative estimate of drug-likeness (QED) is 0.200. The van der Waals surface area contributed by atoms with E-state index in [2.05, 4.69) is 15.4 Å². The number of carbonyl (C=O) groups excluding carboxylic acids is 3. The number of benzene rings is 5. The van der Waals surface area contributed by atoms with Gasteiger partial charge < -0.3 is 10.6 Å². The SMILES string of the molecule is O=C(NCC(=O)[C@H](Cc1ccccc1)NC(=O)c1cccc(NS(=O)(=O)c2ccc3ccccc3c2)c1)c1ccccc1. The first-order valence-corrected chi connectivity index (χ1v) is 15.1. The number of rotatable bonds is 11. The average Bonchev–Trinajstić information content (AvgIpc) is 3.03. The lowest BCUT2D eigenvalue weighted by atomic mass is 10.0. The molecule has 3 N–H and O–H groups in total. The van der Waals surface area contributed by atoms with E-state index in [0.29, 0.717) is 5.56 Å². The molecule has 0 heterocycles. The van der Waals surface area contributed by atoms with Gasteiger partial charge in [0.15, 0.2) is 5.78 Å². The molecule has 0 aliphatic rings. The van der Waals surface area contributed by atoms with Crippen molar-refractivity contribution in [1.82, 2.24) is 10.6 Å². The maximum absolute atomic E-state index is 13.3. The Hall–Kier alpha value is -5.28. The number of sulfonamides is 1. The molecule has 0 radical (unpaired) electrons. The van der Waals surface area contributed by atoms with Gasteiger partial charge in [0, 0.05) is 16.8 Å². The highest BCUT2D eigenvalue weighted by molar-refractivity contribution is 7.92. The second-order valence-corrected chi connectivity index (χ2v) is 11.6. The highest BCUT2D eigenvalue weighted by Crippen LogP contribution is 2.22. The molecule has 0 unspecified atom stereocenters. The molecule has 0 fully saturated rings. The smallest absolute Gasteiger partial charge is 0.261 e. The third-order valence-electron chi connectivity index (χ3n) is 6.84.